The molecule has 3 nitrogen and oxygen atoms in total. The average molecular weight is 284 g/mol. The predicted molar refractivity (Wildman–Crippen MR) is 67.8 cm³/mol. The quantitative estimate of drug-likeness (QED) is 0.939. The van der Waals surface area contributed by atoms with Gasteiger partial charge in [-0.1, -0.05) is 12.1 Å². The van der Waals surface area contributed by atoms with Gasteiger partial charge in [0.05, 0.1) is 21.4 Å². The molecule has 2 aromatic rings. The van der Waals surface area contributed by atoms with Gasteiger partial charge in [-0.25, -0.2) is 9.18 Å². The van der Waals surface area contributed by atoms with Crippen LogP contribution in [0.1, 0.15) is 15.2 Å². The predicted octanol–water partition coefficient (Wildman–Crippen LogP) is 2.89. The first-order valence-electron chi connectivity index (χ1n) is 5.02. The number of halogens is 1. The molecule has 2 rings (SSSR count). The van der Waals surface area contributed by atoms with Crippen molar-refractivity contribution in [1.29, 1.82) is 0 Å². The van der Waals surface area contributed by atoms with Gasteiger partial charge in [0.1, 0.15) is 10.7 Å². The second-order valence-electron chi connectivity index (χ2n) is 3.50. The number of carboxylic acid groups (broad SMARTS) is 1. The van der Waals surface area contributed by atoms with E-state index in [1.165, 1.54) is 18.2 Å². The van der Waals surface area contributed by atoms with E-state index >= 15 is 0 Å². The Labute approximate surface area is 109 Å². The molecule has 0 amide bonds. The monoisotopic (exact) mass is 284 g/mol. The first-order valence-corrected chi connectivity index (χ1v) is 7.22. The van der Waals surface area contributed by atoms with Crippen LogP contribution in [0.4, 0.5) is 4.39 Å². The Hall–Kier alpha value is -1.53. The topological polar surface area (TPSA) is 54.4 Å². The minimum Gasteiger partial charge on any atom is -0.477 e. The highest BCUT2D eigenvalue weighted by Gasteiger charge is 2.16. The van der Waals surface area contributed by atoms with Gasteiger partial charge in [0.25, 0.3) is 0 Å². The zero-order valence-corrected chi connectivity index (χ0v) is 10.8. The molecule has 0 aliphatic heterocycles. The van der Waals surface area contributed by atoms with Crippen molar-refractivity contribution in [2.75, 3.05) is 0 Å². The molecule has 1 unspecified atom stereocenters. The summed E-state index contributed by atoms with van der Waals surface area (Å²) in [6, 6.07) is 7.40. The molecule has 1 N–H and O–H groups in total. The zero-order chi connectivity index (χ0) is 13.1. The second-order valence-corrected chi connectivity index (χ2v) is 5.84. The van der Waals surface area contributed by atoms with Gasteiger partial charge >= 0.3 is 5.97 Å². The molecule has 0 fully saturated rings. The number of benzene rings is 1. The van der Waals surface area contributed by atoms with Gasteiger partial charge < -0.3 is 5.11 Å². The maximum absolute atomic E-state index is 13.4. The number of carbonyl (C=O) groups is 1. The van der Waals surface area contributed by atoms with E-state index in [4.69, 9.17) is 5.11 Å². The normalized spacial score (nSPS) is 12.3. The number of hydrogen-bond acceptors (Lipinski definition) is 3. The number of rotatable bonds is 4. The molecule has 0 spiro atoms. The molecular formula is C12H9FO3S2. The summed E-state index contributed by atoms with van der Waals surface area (Å²) in [6.45, 7) is 0. The fourth-order valence-electron chi connectivity index (χ4n) is 1.49. The highest BCUT2D eigenvalue weighted by atomic mass is 32.2. The highest BCUT2D eigenvalue weighted by Crippen LogP contribution is 2.21. The van der Waals surface area contributed by atoms with E-state index in [0.29, 0.717) is 5.56 Å². The number of thiophene rings is 1. The van der Waals surface area contributed by atoms with Gasteiger partial charge in [0, 0.05) is 0 Å². The van der Waals surface area contributed by atoms with Gasteiger partial charge in [0.2, 0.25) is 0 Å². The van der Waals surface area contributed by atoms with E-state index in [1.807, 2.05) is 0 Å². The lowest BCUT2D eigenvalue weighted by Crippen LogP contribution is -2.03. The molecular weight excluding hydrogens is 275 g/mol. The summed E-state index contributed by atoms with van der Waals surface area (Å²) in [6.07, 6.45) is 0. The summed E-state index contributed by atoms with van der Waals surface area (Å²) in [5.41, 5.74) is 0.467. The lowest BCUT2D eigenvalue weighted by atomic mass is 10.3. The van der Waals surface area contributed by atoms with Crippen molar-refractivity contribution >= 4 is 28.1 Å². The van der Waals surface area contributed by atoms with E-state index in [0.717, 1.165) is 11.3 Å². The zero-order valence-electron chi connectivity index (χ0n) is 9.13. The SMILES string of the molecule is O=C(O)c1sccc1CS(=O)c1ccccc1F. The number of hydrogen-bond donors (Lipinski definition) is 1. The molecule has 18 heavy (non-hydrogen) atoms. The highest BCUT2D eigenvalue weighted by molar-refractivity contribution is 7.84. The smallest absolute Gasteiger partial charge is 0.346 e. The van der Waals surface area contributed by atoms with Crippen LogP contribution in [0, 0.1) is 5.82 Å². The van der Waals surface area contributed by atoms with Crippen LogP contribution in [-0.4, -0.2) is 15.3 Å². The van der Waals surface area contributed by atoms with Crippen molar-refractivity contribution in [3.63, 3.8) is 0 Å². The van der Waals surface area contributed by atoms with E-state index in [1.54, 1.807) is 17.5 Å². The summed E-state index contributed by atoms with van der Waals surface area (Å²) < 4.78 is 25.4. The number of aromatic carboxylic acids is 1. The van der Waals surface area contributed by atoms with Crippen LogP contribution in [0.15, 0.2) is 40.6 Å². The molecule has 1 atom stereocenters. The van der Waals surface area contributed by atoms with Crippen molar-refractivity contribution in [2.24, 2.45) is 0 Å². The van der Waals surface area contributed by atoms with E-state index < -0.39 is 22.6 Å². The molecule has 0 aliphatic carbocycles. The van der Waals surface area contributed by atoms with Crippen LogP contribution < -0.4 is 0 Å². The van der Waals surface area contributed by atoms with E-state index in [9.17, 15) is 13.4 Å². The van der Waals surface area contributed by atoms with Crippen molar-refractivity contribution in [3.8, 4) is 0 Å². The summed E-state index contributed by atoms with van der Waals surface area (Å²) in [7, 11) is -1.58. The van der Waals surface area contributed by atoms with E-state index in [-0.39, 0.29) is 15.5 Å². The Bertz CT molecular complexity index is 607. The largest absolute Gasteiger partial charge is 0.477 e. The van der Waals surface area contributed by atoms with Gasteiger partial charge in [-0.2, -0.15) is 0 Å². The van der Waals surface area contributed by atoms with Crippen molar-refractivity contribution in [2.45, 2.75) is 10.6 Å². The standard InChI is InChI=1S/C12H9FO3S2/c13-9-3-1-2-4-10(9)18(16)7-8-5-6-17-11(8)12(14)15/h1-6H,7H2,(H,14,15). The molecule has 1 heterocycles. The molecule has 6 heteroatoms. The third-order valence-electron chi connectivity index (χ3n) is 2.31. The van der Waals surface area contributed by atoms with Crippen LogP contribution in [0.5, 0.6) is 0 Å². The van der Waals surface area contributed by atoms with Crippen LogP contribution >= 0.6 is 11.3 Å². The van der Waals surface area contributed by atoms with Crippen molar-refractivity contribution in [3.05, 3.63) is 52.0 Å². The fourth-order valence-corrected chi connectivity index (χ4v) is 3.53. The Morgan fingerprint density at radius 2 is 2.06 bits per heavy atom. The molecule has 0 radical (unpaired) electrons. The Morgan fingerprint density at radius 1 is 1.33 bits per heavy atom. The molecule has 0 saturated carbocycles. The van der Waals surface area contributed by atoms with Crippen LogP contribution in [0.25, 0.3) is 0 Å². The third kappa shape index (κ3) is 2.65. The van der Waals surface area contributed by atoms with Crippen LogP contribution in [0.2, 0.25) is 0 Å². The van der Waals surface area contributed by atoms with Crippen molar-refractivity contribution < 1.29 is 18.5 Å². The Kier molecular flexibility index (Phi) is 3.88. The maximum atomic E-state index is 13.4. The summed E-state index contributed by atoms with van der Waals surface area (Å²) in [5.74, 6) is -1.58. The lowest BCUT2D eigenvalue weighted by Gasteiger charge is -2.03. The minimum absolute atomic E-state index is 0.00602. The van der Waals surface area contributed by atoms with Crippen molar-refractivity contribution in [1.82, 2.24) is 0 Å². The minimum atomic E-state index is -1.58. The third-order valence-corrected chi connectivity index (χ3v) is 4.65. The van der Waals surface area contributed by atoms with Gasteiger partial charge in [0.15, 0.2) is 0 Å². The summed E-state index contributed by atoms with van der Waals surface area (Å²) in [4.78, 5) is 11.2. The fraction of sp³-hybridized carbons (Fsp3) is 0.0833. The first-order chi connectivity index (χ1) is 8.59. The Balaban J connectivity index is 2.25. The second kappa shape index (κ2) is 5.41. The molecule has 0 aliphatic rings. The number of carboxylic acids is 1. The van der Waals surface area contributed by atoms with Gasteiger partial charge in [-0.3, -0.25) is 4.21 Å². The summed E-state index contributed by atoms with van der Waals surface area (Å²) >= 11 is 1.07. The van der Waals surface area contributed by atoms with Gasteiger partial charge in [-0.15, -0.1) is 11.3 Å². The molecule has 1 aromatic carbocycles. The van der Waals surface area contributed by atoms with Crippen LogP contribution in [-0.2, 0) is 16.6 Å². The molecule has 0 bridgehead atoms. The van der Waals surface area contributed by atoms with Gasteiger partial charge in [-0.05, 0) is 29.1 Å². The first kappa shape index (κ1) is 12.9. The Morgan fingerprint density at radius 3 is 2.72 bits per heavy atom. The average Bonchev–Trinajstić information content (AvgIpc) is 2.77. The lowest BCUT2D eigenvalue weighted by molar-refractivity contribution is 0.0701. The molecule has 94 valence electrons. The maximum Gasteiger partial charge on any atom is 0.346 e. The molecule has 0 saturated heterocycles. The van der Waals surface area contributed by atoms with Crippen LogP contribution in [0.3, 0.4) is 0 Å². The summed E-state index contributed by atoms with van der Waals surface area (Å²) in [5, 5.41) is 10.6. The van der Waals surface area contributed by atoms with E-state index in [2.05, 4.69) is 0 Å². The molecule has 1 aromatic heterocycles.